The Morgan fingerprint density at radius 2 is 1.95 bits per heavy atom. The molecule has 1 unspecified atom stereocenters. The van der Waals surface area contributed by atoms with Crippen LogP contribution in [0.4, 0.5) is 3.89 Å². The van der Waals surface area contributed by atoms with Crippen molar-refractivity contribution >= 4 is 32.0 Å². The molecule has 1 atom stereocenters. The Morgan fingerprint density at radius 1 is 1.29 bits per heavy atom. The minimum Gasteiger partial charge on any atom is -0.207 e. The van der Waals surface area contributed by atoms with Crippen molar-refractivity contribution in [3.05, 3.63) is 24.3 Å². The number of hydrogen-bond acceptors (Lipinski definition) is 5. The van der Waals surface area contributed by atoms with E-state index in [0.717, 1.165) is 18.6 Å². The van der Waals surface area contributed by atoms with Gasteiger partial charge in [0.25, 0.3) is 0 Å². The third kappa shape index (κ3) is 3.77. The predicted octanol–water partition coefficient (Wildman–Crippen LogP) is 1.86. The highest BCUT2D eigenvalue weighted by atomic mass is 32.3. The van der Waals surface area contributed by atoms with Gasteiger partial charge in [0, 0.05) is 24.1 Å². The zero-order chi connectivity index (χ0) is 15.7. The van der Waals surface area contributed by atoms with E-state index in [2.05, 4.69) is 0 Å². The van der Waals surface area contributed by atoms with Gasteiger partial charge in [-0.1, -0.05) is 13.0 Å². The van der Waals surface area contributed by atoms with Gasteiger partial charge >= 0.3 is 10.2 Å². The molecular formula is C12H16FNO4S3. The molecule has 1 aliphatic rings. The zero-order valence-corrected chi connectivity index (χ0v) is 13.8. The van der Waals surface area contributed by atoms with E-state index in [9.17, 15) is 20.7 Å². The van der Waals surface area contributed by atoms with Crippen LogP contribution in [-0.4, -0.2) is 45.2 Å². The third-order valence-corrected chi connectivity index (χ3v) is 7.33. The van der Waals surface area contributed by atoms with Crippen molar-refractivity contribution in [3.8, 4) is 0 Å². The van der Waals surface area contributed by atoms with E-state index in [1.54, 1.807) is 11.8 Å². The van der Waals surface area contributed by atoms with Crippen molar-refractivity contribution in [2.75, 3.05) is 18.8 Å². The first-order chi connectivity index (χ1) is 9.75. The first-order valence-electron chi connectivity index (χ1n) is 6.41. The largest absolute Gasteiger partial charge is 0.332 e. The molecule has 2 rings (SSSR count). The van der Waals surface area contributed by atoms with Crippen LogP contribution < -0.4 is 0 Å². The van der Waals surface area contributed by atoms with E-state index in [1.807, 2.05) is 6.92 Å². The van der Waals surface area contributed by atoms with Crippen LogP contribution >= 0.6 is 11.8 Å². The van der Waals surface area contributed by atoms with Gasteiger partial charge in [-0.15, -0.1) is 3.89 Å². The van der Waals surface area contributed by atoms with Crippen LogP contribution in [0.5, 0.6) is 0 Å². The molecule has 1 saturated heterocycles. The van der Waals surface area contributed by atoms with Gasteiger partial charge in [-0.05, 0) is 24.6 Å². The second-order valence-corrected chi connectivity index (χ2v) is 9.37. The van der Waals surface area contributed by atoms with E-state index < -0.39 is 25.1 Å². The zero-order valence-electron chi connectivity index (χ0n) is 11.4. The lowest BCUT2D eigenvalue weighted by molar-refractivity contribution is 0.416. The summed E-state index contributed by atoms with van der Waals surface area (Å²) < 4.78 is 61.2. The standard InChI is InChI=1S/C12H16FNO4S3/c1-2-10-9-14(6-7-19-10)21(17,18)12-5-3-4-11(8-12)20(13,15)16/h3-5,8,10H,2,6-7,9H2,1H3. The Kier molecular flexibility index (Phi) is 4.96. The van der Waals surface area contributed by atoms with Gasteiger partial charge in [0.05, 0.1) is 9.79 Å². The molecule has 0 aliphatic carbocycles. The average Bonchev–Trinajstić information content (AvgIpc) is 2.46. The van der Waals surface area contributed by atoms with Crippen LogP contribution in [0.15, 0.2) is 34.1 Å². The lowest BCUT2D eigenvalue weighted by Gasteiger charge is -2.31. The van der Waals surface area contributed by atoms with Crippen LogP contribution in [0.25, 0.3) is 0 Å². The summed E-state index contributed by atoms with van der Waals surface area (Å²) in [5.41, 5.74) is 0. The summed E-state index contributed by atoms with van der Waals surface area (Å²) in [5.74, 6) is 0.693. The van der Waals surface area contributed by atoms with Gasteiger partial charge in [0.2, 0.25) is 10.0 Å². The number of thioether (sulfide) groups is 1. The molecule has 0 N–H and O–H groups in total. The van der Waals surface area contributed by atoms with Crippen molar-refractivity contribution in [2.45, 2.75) is 28.4 Å². The molecule has 1 heterocycles. The Balaban J connectivity index is 2.36. The summed E-state index contributed by atoms with van der Waals surface area (Å²) in [4.78, 5) is -0.829. The topological polar surface area (TPSA) is 71.5 Å². The summed E-state index contributed by atoms with van der Waals surface area (Å²) in [6.45, 7) is 2.75. The quantitative estimate of drug-likeness (QED) is 0.773. The monoisotopic (exact) mass is 353 g/mol. The molecule has 5 nitrogen and oxygen atoms in total. The van der Waals surface area contributed by atoms with E-state index in [1.165, 1.54) is 16.4 Å². The highest BCUT2D eigenvalue weighted by molar-refractivity contribution is 8.00. The molecular weight excluding hydrogens is 337 g/mol. The van der Waals surface area contributed by atoms with Crippen molar-refractivity contribution in [3.63, 3.8) is 0 Å². The van der Waals surface area contributed by atoms with E-state index in [0.29, 0.717) is 18.8 Å². The fraction of sp³-hybridized carbons (Fsp3) is 0.500. The first-order valence-corrected chi connectivity index (χ1v) is 10.3. The molecule has 1 aliphatic heterocycles. The molecule has 0 amide bonds. The molecule has 0 aromatic heterocycles. The Bertz CT molecular complexity index is 718. The molecule has 1 fully saturated rings. The summed E-state index contributed by atoms with van der Waals surface area (Å²) in [6.07, 6.45) is 0.857. The Hall–Kier alpha value is -0.640. The Labute approximate surface area is 128 Å². The van der Waals surface area contributed by atoms with Gasteiger partial charge in [0.1, 0.15) is 0 Å². The second kappa shape index (κ2) is 6.23. The van der Waals surface area contributed by atoms with Crippen LogP contribution in [0.3, 0.4) is 0 Å². The number of sulfonamides is 1. The van der Waals surface area contributed by atoms with Crippen LogP contribution in [0, 0.1) is 0 Å². The summed E-state index contributed by atoms with van der Waals surface area (Å²) in [6, 6.07) is 4.42. The lowest BCUT2D eigenvalue weighted by Crippen LogP contribution is -2.41. The molecule has 1 aromatic rings. The summed E-state index contributed by atoms with van der Waals surface area (Å²) >= 11 is 1.72. The smallest absolute Gasteiger partial charge is 0.207 e. The van der Waals surface area contributed by atoms with Crippen molar-refractivity contribution in [1.29, 1.82) is 0 Å². The van der Waals surface area contributed by atoms with E-state index >= 15 is 0 Å². The van der Waals surface area contributed by atoms with Crippen molar-refractivity contribution in [1.82, 2.24) is 4.31 Å². The Morgan fingerprint density at radius 3 is 2.57 bits per heavy atom. The minimum atomic E-state index is -4.92. The van der Waals surface area contributed by atoms with E-state index in [4.69, 9.17) is 0 Å². The fourth-order valence-corrected chi connectivity index (χ4v) is 5.60. The van der Waals surface area contributed by atoms with E-state index in [-0.39, 0.29) is 10.1 Å². The lowest BCUT2D eigenvalue weighted by atomic mass is 10.3. The summed E-state index contributed by atoms with van der Waals surface area (Å²) in [7, 11) is -8.72. The normalized spacial score (nSPS) is 21.3. The summed E-state index contributed by atoms with van der Waals surface area (Å²) in [5, 5.41) is 0.224. The molecule has 0 bridgehead atoms. The van der Waals surface area contributed by atoms with Crippen molar-refractivity contribution in [2.24, 2.45) is 0 Å². The maximum atomic E-state index is 13.0. The molecule has 0 saturated carbocycles. The number of halogens is 1. The minimum absolute atomic E-state index is 0.192. The molecule has 1 aromatic carbocycles. The van der Waals surface area contributed by atoms with Crippen LogP contribution in [-0.2, 0) is 20.2 Å². The van der Waals surface area contributed by atoms with Gasteiger partial charge < -0.3 is 0 Å². The van der Waals surface area contributed by atoms with Crippen LogP contribution in [0.1, 0.15) is 13.3 Å². The number of rotatable bonds is 4. The van der Waals surface area contributed by atoms with Crippen molar-refractivity contribution < 1.29 is 20.7 Å². The van der Waals surface area contributed by atoms with Crippen LogP contribution in [0.2, 0.25) is 0 Å². The third-order valence-electron chi connectivity index (χ3n) is 3.28. The highest BCUT2D eigenvalue weighted by Gasteiger charge is 2.30. The highest BCUT2D eigenvalue weighted by Crippen LogP contribution is 2.27. The number of hydrogen-bond donors (Lipinski definition) is 0. The molecule has 0 spiro atoms. The number of nitrogens with zero attached hydrogens (tertiary/aromatic N) is 1. The molecule has 0 radical (unpaired) electrons. The predicted molar refractivity (Wildman–Crippen MR) is 80.0 cm³/mol. The molecule has 9 heteroatoms. The maximum Gasteiger partial charge on any atom is 0.332 e. The second-order valence-electron chi connectivity index (χ2n) is 4.68. The van der Waals surface area contributed by atoms with Gasteiger partial charge in [-0.25, -0.2) is 8.42 Å². The van der Waals surface area contributed by atoms with Gasteiger partial charge in [-0.3, -0.25) is 0 Å². The maximum absolute atomic E-state index is 13.0. The molecule has 118 valence electrons. The van der Waals surface area contributed by atoms with Gasteiger partial charge in [0.15, 0.2) is 0 Å². The number of benzene rings is 1. The SMILES string of the molecule is CCC1CN(S(=O)(=O)c2cccc(S(=O)(=O)F)c2)CCS1. The molecule has 21 heavy (non-hydrogen) atoms. The van der Waals surface area contributed by atoms with Gasteiger partial charge in [-0.2, -0.15) is 24.5 Å². The fourth-order valence-electron chi connectivity index (χ4n) is 2.09. The average molecular weight is 353 g/mol. The first kappa shape index (κ1) is 16.7.